The van der Waals surface area contributed by atoms with E-state index in [-0.39, 0.29) is 30.0 Å². The van der Waals surface area contributed by atoms with Crippen LogP contribution in [0.3, 0.4) is 0 Å². The van der Waals surface area contributed by atoms with Crippen LogP contribution in [0.25, 0.3) is 0 Å². The zero-order valence-corrected chi connectivity index (χ0v) is 18.8. The Bertz CT molecular complexity index is 1170. The number of carbonyl (C=O) groups is 2. The topological polar surface area (TPSA) is 98.5 Å². The summed E-state index contributed by atoms with van der Waals surface area (Å²) in [6, 6.07) is 19.0. The van der Waals surface area contributed by atoms with Gasteiger partial charge in [0, 0.05) is 25.0 Å². The van der Waals surface area contributed by atoms with Crippen LogP contribution in [0.5, 0.6) is 5.75 Å². The van der Waals surface area contributed by atoms with Crippen LogP contribution in [0.15, 0.2) is 66.7 Å². The van der Waals surface area contributed by atoms with Crippen molar-refractivity contribution in [2.45, 2.75) is 32.6 Å². The van der Waals surface area contributed by atoms with Crippen LogP contribution in [0.1, 0.15) is 34.6 Å². The summed E-state index contributed by atoms with van der Waals surface area (Å²) in [6.07, 6.45) is 0.105. The quantitative estimate of drug-likeness (QED) is 0.362. The normalized spacial score (nSPS) is 11.5. The number of ketones is 1. The second-order valence-corrected chi connectivity index (χ2v) is 7.92. The van der Waals surface area contributed by atoms with Gasteiger partial charge in [-0.15, -0.1) is 0 Å². The molecule has 0 spiro atoms. The molecule has 0 heterocycles. The Balaban J connectivity index is 1.83. The zero-order valence-electron chi connectivity index (χ0n) is 18.8. The number of ether oxygens (including phenoxy) is 1. The standard InChI is InChI=1S/C26H26N2O5/c1-17-9-10-19(13-18(17)2)14-24(29)22(20-7-5-4-6-8-20)16-26(30)27-23-15-21(28(31)32)11-12-25(23)33-3/h4-13,15,22H,14,16H2,1-3H3,(H,27,30)/t22-/m1/s1. The average molecular weight is 447 g/mol. The molecule has 0 saturated carbocycles. The van der Waals surface area contributed by atoms with Crippen molar-refractivity contribution in [3.63, 3.8) is 0 Å². The van der Waals surface area contributed by atoms with E-state index in [4.69, 9.17) is 4.74 Å². The third-order valence-electron chi connectivity index (χ3n) is 5.60. The maximum absolute atomic E-state index is 13.3. The smallest absolute Gasteiger partial charge is 0.271 e. The fourth-order valence-corrected chi connectivity index (χ4v) is 3.63. The first-order valence-corrected chi connectivity index (χ1v) is 10.5. The molecule has 3 rings (SSSR count). The van der Waals surface area contributed by atoms with Gasteiger partial charge >= 0.3 is 0 Å². The highest BCUT2D eigenvalue weighted by Gasteiger charge is 2.25. The first-order valence-electron chi connectivity index (χ1n) is 10.5. The minimum Gasteiger partial charge on any atom is -0.495 e. The van der Waals surface area contributed by atoms with Gasteiger partial charge in [-0.2, -0.15) is 0 Å². The summed E-state index contributed by atoms with van der Waals surface area (Å²) in [4.78, 5) is 36.8. The van der Waals surface area contributed by atoms with E-state index in [9.17, 15) is 19.7 Å². The van der Waals surface area contributed by atoms with Crippen LogP contribution in [-0.2, 0) is 16.0 Å². The predicted octanol–water partition coefficient (Wildman–Crippen LogP) is 5.14. The maximum atomic E-state index is 13.3. The van der Waals surface area contributed by atoms with Gasteiger partial charge in [0.15, 0.2) is 0 Å². The van der Waals surface area contributed by atoms with Gasteiger partial charge in [-0.25, -0.2) is 0 Å². The van der Waals surface area contributed by atoms with Gasteiger partial charge in [-0.05, 0) is 42.2 Å². The van der Waals surface area contributed by atoms with E-state index in [0.29, 0.717) is 5.75 Å². The lowest BCUT2D eigenvalue weighted by Gasteiger charge is -2.17. The van der Waals surface area contributed by atoms with Crippen molar-refractivity contribution in [3.8, 4) is 5.75 Å². The van der Waals surface area contributed by atoms with Gasteiger partial charge in [0.25, 0.3) is 5.69 Å². The van der Waals surface area contributed by atoms with E-state index in [1.807, 2.05) is 62.4 Å². The average Bonchev–Trinajstić information content (AvgIpc) is 2.80. The Hall–Kier alpha value is -4.00. The van der Waals surface area contributed by atoms with Gasteiger partial charge in [0.05, 0.1) is 23.6 Å². The Labute approximate surface area is 192 Å². The summed E-state index contributed by atoms with van der Waals surface area (Å²) in [5.41, 5.74) is 3.90. The van der Waals surface area contributed by atoms with E-state index in [0.717, 1.165) is 22.3 Å². The number of non-ortho nitro benzene ring substituents is 1. The van der Waals surface area contributed by atoms with Gasteiger partial charge < -0.3 is 10.1 Å². The fourth-order valence-electron chi connectivity index (χ4n) is 3.63. The fraction of sp³-hybridized carbons (Fsp3) is 0.231. The Morgan fingerprint density at radius 1 is 1.00 bits per heavy atom. The molecular formula is C26H26N2O5. The highest BCUT2D eigenvalue weighted by atomic mass is 16.6. The maximum Gasteiger partial charge on any atom is 0.271 e. The summed E-state index contributed by atoms with van der Waals surface area (Å²) in [5, 5.41) is 13.8. The van der Waals surface area contributed by atoms with E-state index >= 15 is 0 Å². The van der Waals surface area contributed by atoms with Crippen molar-refractivity contribution < 1.29 is 19.2 Å². The van der Waals surface area contributed by atoms with E-state index in [2.05, 4.69) is 5.32 Å². The second kappa shape index (κ2) is 10.5. The van der Waals surface area contributed by atoms with Crippen molar-refractivity contribution in [1.29, 1.82) is 0 Å². The van der Waals surface area contributed by atoms with Crippen LogP contribution in [-0.4, -0.2) is 23.7 Å². The Morgan fingerprint density at radius 2 is 1.73 bits per heavy atom. The number of aryl methyl sites for hydroxylation is 2. The molecule has 1 atom stereocenters. The van der Waals surface area contributed by atoms with Crippen LogP contribution in [0.2, 0.25) is 0 Å². The molecule has 0 unspecified atom stereocenters. The number of anilines is 1. The lowest BCUT2D eigenvalue weighted by molar-refractivity contribution is -0.384. The summed E-state index contributed by atoms with van der Waals surface area (Å²) < 4.78 is 5.21. The minimum atomic E-state index is -0.655. The number of hydrogen-bond acceptors (Lipinski definition) is 5. The van der Waals surface area contributed by atoms with Gasteiger partial charge in [-0.1, -0.05) is 48.5 Å². The number of rotatable bonds is 9. The number of carbonyl (C=O) groups excluding carboxylic acids is 2. The Kier molecular flexibility index (Phi) is 7.56. The SMILES string of the molecule is COc1ccc([N+](=O)[O-])cc1NC(=O)C[C@@H](C(=O)Cc1ccc(C)c(C)c1)c1ccccc1. The summed E-state index contributed by atoms with van der Waals surface area (Å²) >= 11 is 0. The number of nitro groups is 1. The largest absolute Gasteiger partial charge is 0.495 e. The molecule has 7 heteroatoms. The van der Waals surface area contributed by atoms with E-state index in [1.165, 1.54) is 25.3 Å². The van der Waals surface area contributed by atoms with Gasteiger partial charge in [-0.3, -0.25) is 19.7 Å². The monoisotopic (exact) mass is 446 g/mol. The molecule has 7 nitrogen and oxygen atoms in total. The number of amides is 1. The number of methoxy groups -OCH3 is 1. The van der Waals surface area contributed by atoms with Crippen molar-refractivity contribution in [1.82, 2.24) is 0 Å². The lowest BCUT2D eigenvalue weighted by atomic mass is 9.87. The van der Waals surface area contributed by atoms with Crippen molar-refractivity contribution in [2.75, 3.05) is 12.4 Å². The Morgan fingerprint density at radius 3 is 2.36 bits per heavy atom. The number of nitrogens with one attached hydrogen (secondary N) is 1. The number of nitrogens with zero attached hydrogens (tertiary/aromatic N) is 1. The first-order chi connectivity index (χ1) is 15.8. The number of benzene rings is 3. The number of Topliss-reactive ketones (excluding diaryl/α,β-unsaturated/α-hetero) is 1. The van der Waals surface area contributed by atoms with Crippen LogP contribution < -0.4 is 10.1 Å². The molecule has 1 N–H and O–H groups in total. The molecule has 0 bridgehead atoms. The lowest BCUT2D eigenvalue weighted by Crippen LogP contribution is -2.22. The minimum absolute atomic E-state index is 0.0781. The van der Waals surface area contributed by atoms with Crippen LogP contribution in [0, 0.1) is 24.0 Å². The van der Waals surface area contributed by atoms with Crippen molar-refractivity contribution in [3.05, 3.63) is 99.1 Å². The molecule has 170 valence electrons. The van der Waals surface area contributed by atoms with Gasteiger partial charge in [0.1, 0.15) is 11.5 Å². The predicted molar refractivity (Wildman–Crippen MR) is 127 cm³/mol. The molecule has 3 aromatic carbocycles. The molecule has 0 aromatic heterocycles. The van der Waals surface area contributed by atoms with Crippen LogP contribution in [0.4, 0.5) is 11.4 Å². The summed E-state index contributed by atoms with van der Waals surface area (Å²) in [6.45, 7) is 4.01. The molecule has 0 aliphatic rings. The number of hydrogen-bond donors (Lipinski definition) is 1. The van der Waals surface area contributed by atoms with Gasteiger partial charge in [0.2, 0.25) is 5.91 Å². The molecule has 0 radical (unpaired) electrons. The third-order valence-corrected chi connectivity index (χ3v) is 5.60. The zero-order chi connectivity index (χ0) is 24.0. The molecule has 1 amide bonds. The molecule has 33 heavy (non-hydrogen) atoms. The molecule has 0 fully saturated rings. The molecular weight excluding hydrogens is 420 g/mol. The molecule has 0 saturated heterocycles. The van der Waals surface area contributed by atoms with Crippen molar-refractivity contribution in [2.24, 2.45) is 0 Å². The van der Waals surface area contributed by atoms with Crippen LogP contribution >= 0.6 is 0 Å². The third kappa shape index (κ3) is 6.04. The second-order valence-electron chi connectivity index (χ2n) is 7.92. The highest BCUT2D eigenvalue weighted by Crippen LogP contribution is 2.30. The summed E-state index contributed by atoms with van der Waals surface area (Å²) in [7, 11) is 1.41. The molecule has 0 aliphatic carbocycles. The van der Waals surface area contributed by atoms with Crippen molar-refractivity contribution >= 4 is 23.1 Å². The molecule has 3 aromatic rings. The first kappa shape index (κ1) is 23.7. The summed E-state index contributed by atoms with van der Waals surface area (Å²) in [5.74, 6) is -0.870. The molecule has 0 aliphatic heterocycles. The highest BCUT2D eigenvalue weighted by molar-refractivity contribution is 5.98. The van der Waals surface area contributed by atoms with E-state index < -0.39 is 16.7 Å². The van der Waals surface area contributed by atoms with E-state index in [1.54, 1.807) is 0 Å². The number of nitro benzene ring substituents is 1.